The molecule has 3 rings (SSSR count). The molecule has 23 heavy (non-hydrogen) atoms. The van der Waals surface area contributed by atoms with E-state index in [0.717, 1.165) is 32.2 Å². The highest BCUT2D eigenvalue weighted by Crippen LogP contribution is 2.38. The summed E-state index contributed by atoms with van der Waals surface area (Å²) in [5, 5.41) is 2.67. The highest BCUT2D eigenvalue weighted by molar-refractivity contribution is 5.93. The van der Waals surface area contributed by atoms with E-state index < -0.39 is 11.6 Å². The van der Waals surface area contributed by atoms with Crippen LogP contribution in [0.15, 0.2) is 24.3 Å². The number of rotatable bonds is 5. The largest absolute Gasteiger partial charge is 0.352 e. The van der Waals surface area contributed by atoms with Crippen LogP contribution in [0, 0.1) is 0 Å². The van der Waals surface area contributed by atoms with Gasteiger partial charge in [-0.2, -0.15) is 0 Å². The van der Waals surface area contributed by atoms with Crippen LogP contribution in [0.5, 0.6) is 0 Å². The fourth-order valence-corrected chi connectivity index (χ4v) is 3.66. The Labute approximate surface area is 137 Å². The molecule has 1 aromatic carbocycles. The zero-order valence-electron chi connectivity index (χ0n) is 13.7. The molecule has 0 radical (unpaired) electrons. The van der Waals surface area contributed by atoms with Crippen molar-refractivity contribution in [2.45, 2.75) is 57.0 Å². The summed E-state index contributed by atoms with van der Waals surface area (Å²) >= 11 is 0. The second kappa shape index (κ2) is 6.22. The first kappa shape index (κ1) is 15.8. The van der Waals surface area contributed by atoms with Gasteiger partial charge in [-0.1, -0.05) is 31.2 Å². The van der Waals surface area contributed by atoms with Crippen molar-refractivity contribution in [1.29, 1.82) is 0 Å². The minimum Gasteiger partial charge on any atom is -0.352 e. The molecule has 1 aromatic rings. The van der Waals surface area contributed by atoms with E-state index in [9.17, 15) is 9.59 Å². The van der Waals surface area contributed by atoms with Crippen molar-refractivity contribution in [3.8, 4) is 0 Å². The lowest BCUT2D eigenvalue weighted by atomic mass is 9.87. The summed E-state index contributed by atoms with van der Waals surface area (Å²) in [6, 6.07) is 8.07. The Kier molecular flexibility index (Phi) is 4.28. The normalized spacial score (nSPS) is 21.2. The van der Waals surface area contributed by atoms with Gasteiger partial charge in [-0.15, -0.1) is 0 Å². The number of nitrogens with zero attached hydrogens (tertiary/aromatic N) is 1. The maximum absolute atomic E-state index is 13.0. The van der Waals surface area contributed by atoms with Crippen LogP contribution >= 0.6 is 0 Å². The number of nitrogens with two attached hydrogens (primary N) is 1. The topological polar surface area (TPSA) is 75.4 Å². The van der Waals surface area contributed by atoms with Gasteiger partial charge in [0.05, 0.1) is 0 Å². The number of benzene rings is 1. The van der Waals surface area contributed by atoms with Crippen LogP contribution < -0.4 is 11.1 Å². The first-order valence-electron chi connectivity index (χ1n) is 8.51. The van der Waals surface area contributed by atoms with Crippen LogP contribution in [-0.2, 0) is 17.6 Å². The van der Waals surface area contributed by atoms with Gasteiger partial charge in [-0.25, -0.2) is 4.79 Å². The third kappa shape index (κ3) is 3.19. The Balaban J connectivity index is 1.77. The number of hydrogen-bond donors (Lipinski definition) is 2. The summed E-state index contributed by atoms with van der Waals surface area (Å²) < 4.78 is 0. The third-order valence-corrected chi connectivity index (χ3v) is 5.01. The number of fused-ring (bicyclic) bond motifs is 1. The maximum Gasteiger partial charge on any atom is 0.313 e. The predicted molar refractivity (Wildman–Crippen MR) is 88.9 cm³/mol. The lowest BCUT2D eigenvalue weighted by molar-refractivity contribution is -0.137. The van der Waals surface area contributed by atoms with Crippen LogP contribution in [0.4, 0.5) is 4.79 Å². The summed E-state index contributed by atoms with van der Waals surface area (Å²) in [5.41, 5.74) is 7.24. The van der Waals surface area contributed by atoms with E-state index in [4.69, 9.17) is 5.73 Å². The van der Waals surface area contributed by atoms with Crippen molar-refractivity contribution in [1.82, 2.24) is 10.2 Å². The molecule has 0 saturated heterocycles. The van der Waals surface area contributed by atoms with E-state index in [2.05, 4.69) is 36.5 Å². The van der Waals surface area contributed by atoms with Gasteiger partial charge >= 0.3 is 6.03 Å². The number of hydrogen-bond acceptors (Lipinski definition) is 2. The van der Waals surface area contributed by atoms with Crippen molar-refractivity contribution in [2.75, 3.05) is 6.54 Å². The molecule has 0 aromatic heterocycles. The average molecular weight is 315 g/mol. The van der Waals surface area contributed by atoms with Crippen LogP contribution in [0.1, 0.15) is 43.7 Å². The standard InChI is InChI=1S/C18H25N3O2/c1-2-11-21(16(22)18(9-10-18)20-17(19)23)15-8-7-13-5-3-4-6-14(13)12-15/h3-6,15H,2,7-12H2,1H3,(H3,19,20,23)/t15-/m0/s1. The average Bonchev–Trinajstić information content (AvgIpc) is 3.31. The number of aryl methyl sites for hydroxylation is 1. The third-order valence-electron chi connectivity index (χ3n) is 5.01. The summed E-state index contributed by atoms with van der Waals surface area (Å²) in [4.78, 5) is 26.2. The SMILES string of the molecule is CCCN(C(=O)C1(NC(N)=O)CC1)[C@H]1CCc2ccccc2C1. The summed E-state index contributed by atoms with van der Waals surface area (Å²) in [7, 11) is 0. The van der Waals surface area contributed by atoms with Gasteiger partial charge in [-0.05, 0) is 49.7 Å². The molecule has 3 N–H and O–H groups in total. The lowest BCUT2D eigenvalue weighted by Crippen LogP contribution is -2.55. The van der Waals surface area contributed by atoms with Crippen LogP contribution in [0.2, 0.25) is 0 Å². The van der Waals surface area contributed by atoms with Gasteiger partial charge in [0.25, 0.3) is 0 Å². The Morgan fingerprint density at radius 1 is 1.30 bits per heavy atom. The molecule has 3 amide bonds. The van der Waals surface area contributed by atoms with E-state index >= 15 is 0 Å². The molecule has 0 bridgehead atoms. The second-order valence-corrected chi connectivity index (χ2v) is 6.74. The maximum atomic E-state index is 13.0. The second-order valence-electron chi connectivity index (χ2n) is 6.74. The smallest absolute Gasteiger partial charge is 0.313 e. The Morgan fingerprint density at radius 2 is 2.00 bits per heavy atom. The van der Waals surface area contributed by atoms with Gasteiger partial charge in [-0.3, -0.25) is 4.79 Å². The monoisotopic (exact) mass is 315 g/mol. The Hall–Kier alpha value is -2.04. The summed E-state index contributed by atoms with van der Waals surface area (Å²) in [6.07, 6.45) is 5.18. The van der Waals surface area contributed by atoms with Gasteiger partial charge in [0.1, 0.15) is 5.54 Å². The number of carbonyl (C=O) groups is 2. The first-order chi connectivity index (χ1) is 11.1. The molecule has 1 fully saturated rings. The number of carbonyl (C=O) groups excluding carboxylic acids is 2. The van der Waals surface area contributed by atoms with E-state index in [1.807, 2.05) is 4.90 Å². The van der Waals surface area contributed by atoms with E-state index in [1.165, 1.54) is 11.1 Å². The Bertz CT molecular complexity index is 610. The van der Waals surface area contributed by atoms with Crippen LogP contribution in [0.25, 0.3) is 0 Å². The number of nitrogens with one attached hydrogen (secondary N) is 1. The van der Waals surface area contributed by atoms with Crippen molar-refractivity contribution < 1.29 is 9.59 Å². The van der Waals surface area contributed by atoms with Crippen LogP contribution in [-0.4, -0.2) is 35.0 Å². The molecule has 0 spiro atoms. The quantitative estimate of drug-likeness (QED) is 0.872. The highest BCUT2D eigenvalue weighted by atomic mass is 16.2. The van der Waals surface area contributed by atoms with Crippen molar-refractivity contribution in [3.05, 3.63) is 35.4 Å². The predicted octanol–water partition coefficient (Wildman–Crippen LogP) is 1.98. The fraction of sp³-hybridized carbons (Fsp3) is 0.556. The number of primary amides is 1. The van der Waals surface area contributed by atoms with E-state index in [-0.39, 0.29) is 11.9 Å². The molecule has 2 aliphatic rings. The summed E-state index contributed by atoms with van der Waals surface area (Å²) in [5.74, 6) is 0.0440. The van der Waals surface area contributed by atoms with Crippen molar-refractivity contribution >= 4 is 11.9 Å². The number of urea groups is 1. The van der Waals surface area contributed by atoms with Gasteiger partial charge < -0.3 is 16.0 Å². The molecular formula is C18H25N3O2. The molecule has 0 heterocycles. The van der Waals surface area contributed by atoms with Crippen molar-refractivity contribution in [3.63, 3.8) is 0 Å². The number of amides is 3. The Morgan fingerprint density at radius 3 is 2.61 bits per heavy atom. The molecule has 1 atom stereocenters. The first-order valence-corrected chi connectivity index (χ1v) is 8.51. The molecule has 5 nitrogen and oxygen atoms in total. The highest BCUT2D eigenvalue weighted by Gasteiger charge is 2.53. The van der Waals surface area contributed by atoms with Crippen LogP contribution in [0.3, 0.4) is 0 Å². The zero-order chi connectivity index (χ0) is 16.4. The molecule has 0 unspecified atom stereocenters. The lowest BCUT2D eigenvalue weighted by Gasteiger charge is -2.37. The molecular weight excluding hydrogens is 290 g/mol. The van der Waals surface area contributed by atoms with Gasteiger partial charge in [0, 0.05) is 12.6 Å². The van der Waals surface area contributed by atoms with E-state index in [0.29, 0.717) is 12.8 Å². The van der Waals surface area contributed by atoms with Crippen molar-refractivity contribution in [2.24, 2.45) is 5.73 Å². The molecule has 0 aliphatic heterocycles. The minimum absolute atomic E-state index is 0.0440. The molecule has 5 heteroatoms. The molecule has 2 aliphatic carbocycles. The zero-order valence-corrected chi connectivity index (χ0v) is 13.7. The van der Waals surface area contributed by atoms with Gasteiger partial charge in [0.2, 0.25) is 5.91 Å². The fourth-order valence-electron chi connectivity index (χ4n) is 3.66. The van der Waals surface area contributed by atoms with Gasteiger partial charge in [0.15, 0.2) is 0 Å². The molecule has 124 valence electrons. The minimum atomic E-state index is -0.738. The molecule has 1 saturated carbocycles. The van der Waals surface area contributed by atoms with E-state index in [1.54, 1.807) is 0 Å². The summed E-state index contributed by atoms with van der Waals surface area (Å²) in [6.45, 7) is 2.81.